The molecule has 0 spiro atoms. The summed E-state index contributed by atoms with van der Waals surface area (Å²) in [7, 11) is 0. The Balaban J connectivity index is 1.88. The van der Waals surface area contributed by atoms with E-state index in [1.54, 1.807) is 0 Å². The Bertz CT molecular complexity index is 273. The molecular weight excluding hydrogens is 239 g/mol. The van der Waals surface area contributed by atoms with Crippen molar-refractivity contribution >= 4 is 0 Å². The van der Waals surface area contributed by atoms with Gasteiger partial charge in [-0.15, -0.1) is 0 Å². The van der Waals surface area contributed by atoms with Gasteiger partial charge in [-0.3, -0.25) is 0 Å². The summed E-state index contributed by atoms with van der Waals surface area (Å²) in [4.78, 5) is 2.05. The fourth-order valence-corrected chi connectivity index (χ4v) is 3.34. The van der Waals surface area contributed by atoms with Gasteiger partial charge in [0.25, 0.3) is 0 Å². The summed E-state index contributed by atoms with van der Waals surface area (Å²) in [6.45, 7) is 6.36. The van der Waals surface area contributed by atoms with Crippen molar-refractivity contribution in [2.75, 3.05) is 19.6 Å². The quantitative estimate of drug-likeness (QED) is 0.741. The van der Waals surface area contributed by atoms with Crippen LogP contribution in [0.25, 0.3) is 0 Å². The van der Waals surface area contributed by atoms with Crippen LogP contribution in [0.4, 0.5) is 13.2 Å². The molecule has 0 N–H and O–H groups in total. The minimum atomic E-state index is -4.01. The maximum absolute atomic E-state index is 13.1. The first kappa shape index (κ1) is 14.2. The van der Waals surface area contributed by atoms with E-state index in [-0.39, 0.29) is 6.54 Å². The smallest absolute Gasteiger partial charge is 0.302 e. The van der Waals surface area contributed by atoms with Crippen LogP contribution >= 0.6 is 0 Å². The highest BCUT2D eigenvalue weighted by molar-refractivity contribution is 4.96. The second-order valence-electron chi connectivity index (χ2n) is 6.49. The van der Waals surface area contributed by atoms with E-state index in [1.807, 2.05) is 4.90 Å². The second kappa shape index (κ2) is 5.03. The first-order valence-electron chi connectivity index (χ1n) is 7.13. The van der Waals surface area contributed by atoms with Gasteiger partial charge in [0.05, 0.1) is 5.41 Å². The zero-order chi connectivity index (χ0) is 13.4. The molecule has 0 unspecified atom stereocenters. The van der Waals surface area contributed by atoms with Gasteiger partial charge in [0.15, 0.2) is 0 Å². The van der Waals surface area contributed by atoms with Crippen LogP contribution in [-0.2, 0) is 0 Å². The SMILES string of the molecule is CC(C)C1CCN(CC2(C(F)(F)F)CCC2)CC1. The van der Waals surface area contributed by atoms with Crippen molar-refractivity contribution in [2.45, 2.75) is 52.1 Å². The Labute approximate surface area is 108 Å². The Morgan fingerprint density at radius 3 is 2.06 bits per heavy atom. The lowest BCUT2D eigenvalue weighted by Crippen LogP contribution is -2.53. The second-order valence-corrected chi connectivity index (χ2v) is 6.49. The number of hydrogen-bond acceptors (Lipinski definition) is 1. The Kier molecular flexibility index (Phi) is 3.96. The third kappa shape index (κ3) is 2.68. The van der Waals surface area contributed by atoms with E-state index in [0.717, 1.165) is 32.4 Å². The van der Waals surface area contributed by atoms with Gasteiger partial charge in [-0.1, -0.05) is 20.3 Å². The molecule has 0 atom stereocenters. The van der Waals surface area contributed by atoms with Crippen molar-refractivity contribution in [3.8, 4) is 0 Å². The van der Waals surface area contributed by atoms with Crippen molar-refractivity contribution < 1.29 is 13.2 Å². The summed E-state index contributed by atoms with van der Waals surface area (Å²) in [5.74, 6) is 1.36. The molecule has 0 aromatic carbocycles. The minimum absolute atomic E-state index is 0.237. The van der Waals surface area contributed by atoms with Crippen LogP contribution in [0, 0.1) is 17.3 Å². The van der Waals surface area contributed by atoms with Gasteiger partial charge in [-0.05, 0) is 50.6 Å². The van der Waals surface area contributed by atoms with Crippen molar-refractivity contribution in [3.05, 3.63) is 0 Å². The number of rotatable bonds is 3. The van der Waals surface area contributed by atoms with Gasteiger partial charge in [-0.25, -0.2) is 0 Å². The van der Waals surface area contributed by atoms with E-state index in [1.165, 1.54) is 0 Å². The van der Waals surface area contributed by atoms with E-state index < -0.39 is 11.6 Å². The average molecular weight is 263 g/mol. The Hall–Kier alpha value is -0.250. The zero-order valence-electron chi connectivity index (χ0n) is 11.4. The predicted molar refractivity (Wildman–Crippen MR) is 66.3 cm³/mol. The molecule has 1 aliphatic heterocycles. The maximum atomic E-state index is 13.1. The van der Waals surface area contributed by atoms with Crippen molar-refractivity contribution in [1.82, 2.24) is 4.90 Å². The monoisotopic (exact) mass is 263 g/mol. The summed E-state index contributed by atoms with van der Waals surface area (Å²) < 4.78 is 39.3. The fraction of sp³-hybridized carbons (Fsp3) is 1.00. The molecule has 1 saturated heterocycles. The van der Waals surface area contributed by atoms with Crippen LogP contribution in [0.5, 0.6) is 0 Å². The average Bonchev–Trinajstić information content (AvgIpc) is 2.22. The van der Waals surface area contributed by atoms with Crippen LogP contribution in [0.1, 0.15) is 46.0 Å². The zero-order valence-corrected chi connectivity index (χ0v) is 11.4. The van der Waals surface area contributed by atoms with Gasteiger partial charge in [-0.2, -0.15) is 13.2 Å². The molecule has 18 heavy (non-hydrogen) atoms. The summed E-state index contributed by atoms with van der Waals surface area (Å²) >= 11 is 0. The first-order chi connectivity index (χ1) is 8.34. The van der Waals surface area contributed by atoms with Gasteiger partial charge in [0, 0.05) is 6.54 Å². The molecular formula is C14H24F3N. The molecule has 0 aromatic rings. The molecule has 0 radical (unpaired) electrons. The maximum Gasteiger partial charge on any atom is 0.395 e. The molecule has 1 saturated carbocycles. The van der Waals surface area contributed by atoms with E-state index in [9.17, 15) is 13.2 Å². The molecule has 2 fully saturated rings. The van der Waals surface area contributed by atoms with Gasteiger partial charge < -0.3 is 4.90 Å². The number of likely N-dealkylation sites (tertiary alicyclic amines) is 1. The lowest BCUT2D eigenvalue weighted by atomic mass is 9.67. The standard InChI is InChI=1S/C14H24F3N/c1-11(2)12-4-8-18(9-5-12)10-13(6-3-7-13)14(15,16)17/h11-12H,3-10H2,1-2H3. The molecule has 0 amide bonds. The summed E-state index contributed by atoms with van der Waals surface area (Å²) in [5, 5.41) is 0. The number of alkyl halides is 3. The summed E-state index contributed by atoms with van der Waals surface area (Å²) in [5.41, 5.74) is -1.38. The third-order valence-electron chi connectivity index (χ3n) is 5.01. The normalized spacial score (nSPS) is 26.3. The van der Waals surface area contributed by atoms with E-state index in [0.29, 0.717) is 24.7 Å². The van der Waals surface area contributed by atoms with Crippen LogP contribution in [0.2, 0.25) is 0 Å². The molecule has 1 heterocycles. The number of halogens is 3. The molecule has 0 bridgehead atoms. The lowest BCUT2D eigenvalue weighted by Gasteiger charge is -2.47. The molecule has 4 heteroatoms. The number of nitrogens with zero attached hydrogens (tertiary/aromatic N) is 1. The van der Waals surface area contributed by atoms with Gasteiger partial charge >= 0.3 is 6.18 Å². The highest BCUT2D eigenvalue weighted by Gasteiger charge is 2.58. The van der Waals surface area contributed by atoms with E-state index >= 15 is 0 Å². The lowest BCUT2D eigenvalue weighted by molar-refractivity contribution is -0.256. The molecule has 1 nitrogen and oxygen atoms in total. The molecule has 2 aliphatic rings. The first-order valence-corrected chi connectivity index (χ1v) is 7.13. The fourth-order valence-electron chi connectivity index (χ4n) is 3.34. The van der Waals surface area contributed by atoms with Crippen LogP contribution in [0.3, 0.4) is 0 Å². The Morgan fingerprint density at radius 2 is 1.72 bits per heavy atom. The molecule has 2 rings (SSSR count). The van der Waals surface area contributed by atoms with Crippen molar-refractivity contribution in [3.63, 3.8) is 0 Å². The predicted octanol–water partition coefficient (Wildman–Crippen LogP) is 4.09. The van der Waals surface area contributed by atoms with Crippen molar-refractivity contribution in [1.29, 1.82) is 0 Å². The largest absolute Gasteiger partial charge is 0.395 e. The van der Waals surface area contributed by atoms with Crippen LogP contribution in [-0.4, -0.2) is 30.7 Å². The Morgan fingerprint density at radius 1 is 1.17 bits per heavy atom. The van der Waals surface area contributed by atoms with Crippen LogP contribution < -0.4 is 0 Å². The van der Waals surface area contributed by atoms with Crippen molar-refractivity contribution in [2.24, 2.45) is 17.3 Å². The van der Waals surface area contributed by atoms with Gasteiger partial charge in [0.2, 0.25) is 0 Å². The highest BCUT2D eigenvalue weighted by atomic mass is 19.4. The highest BCUT2D eigenvalue weighted by Crippen LogP contribution is 2.53. The number of hydrogen-bond donors (Lipinski definition) is 0. The van der Waals surface area contributed by atoms with E-state index in [2.05, 4.69) is 13.8 Å². The summed E-state index contributed by atoms with van der Waals surface area (Å²) in [6.07, 6.45) is -0.486. The minimum Gasteiger partial charge on any atom is -0.302 e. The molecule has 1 aliphatic carbocycles. The molecule has 106 valence electrons. The topological polar surface area (TPSA) is 3.24 Å². The van der Waals surface area contributed by atoms with Crippen LogP contribution in [0.15, 0.2) is 0 Å². The van der Waals surface area contributed by atoms with E-state index in [4.69, 9.17) is 0 Å². The van der Waals surface area contributed by atoms with Gasteiger partial charge in [0.1, 0.15) is 0 Å². The molecule has 0 aromatic heterocycles. The summed E-state index contributed by atoms with van der Waals surface area (Å²) in [6, 6.07) is 0. The third-order valence-corrected chi connectivity index (χ3v) is 5.01. The number of piperidine rings is 1.